The second-order valence-electron chi connectivity index (χ2n) is 5.84. The van der Waals surface area contributed by atoms with E-state index in [1.807, 2.05) is 0 Å². The van der Waals surface area contributed by atoms with Crippen molar-refractivity contribution >= 4 is 0 Å². The maximum Gasteiger partial charge on any atom is 0.0192 e. The first-order valence-electron chi connectivity index (χ1n) is 7.22. The molecule has 2 nitrogen and oxygen atoms in total. The van der Waals surface area contributed by atoms with Crippen molar-refractivity contribution in [3.63, 3.8) is 0 Å². The van der Waals surface area contributed by atoms with Gasteiger partial charge >= 0.3 is 0 Å². The van der Waals surface area contributed by atoms with Crippen molar-refractivity contribution < 1.29 is 0 Å². The number of hydrogen-bond acceptors (Lipinski definition) is 2. The fourth-order valence-electron chi connectivity index (χ4n) is 3.28. The Morgan fingerprint density at radius 3 is 2.25 bits per heavy atom. The van der Waals surface area contributed by atoms with E-state index in [1.54, 1.807) is 0 Å². The predicted molar refractivity (Wildman–Crippen MR) is 69.7 cm³/mol. The van der Waals surface area contributed by atoms with Gasteiger partial charge in [-0.25, -0.2) is 0 Å². The number of nitrogens with one attached hydrogen (secondary N) is 1. The molecule has 0 aromatic heterocycles. The summed E-state index contributed by atoms with van der Waals surface area (Å²) < 4.78 is 0. The summed E-state index contributed by atoms with van der Waals surface area (Å²) in [5, 5.41) is 3.74. The lowest BCUT2D eigenvalue weighted by Gasteiger charge is -2.31. The first-order chi connectivity index (χ1) is 7.77. The van der Waals surface area contributed by atoms with E-state index in [0.717, 1.165) is 12.1 Å². The van der Waals surface area contributed by atoms with Crippen molar-refractivity contribution in [2.75, 3.05) is 13.6 Å². The van der Waals surface area contributed by atoms with Gasteiger partial charge in [0.2, 0.25) is 0 Å². The lowest BCUT2D eigenvalue weighted by atomic mass is 10.1. The summed E-state index contributed by atoms with van der Waals surface area (Å²) in [4.78, 5) is 2.61. The summed E-state index contributed by atoms with van der Waals surface area (Å²) in [5.41, 5.74) is 0. The third kappa shape index (κ3) is 3.21. The average Bonchev–Trinajstić information content (AvgIpc) is 2.96. The summed E-state index contributed by atoms with van der Waals surface area (Å²) in [5.74, 6) is 0. The molecule has 2 heteroatoms. The smallest absolute Gasteiger partial charge is 0.0192 e. The minimum atomic E-state index is 0.698. The highest BCUT2D eigenvalue weighted by Gasteiger charge is 2.23. The highest BCUT2D eigenvalue weighted by Crippen LogP contribution is 2.24. The fourth-order valence-corrected chi connectivity index (χ4v) is 3.28. The molecule has 16 heavy (non-hydrogen) atoms. The molecule has 94 valence electrons. The van der Waals surface area contributed by atoms with E-state index < -0.39 is 0 Å². The summed E-state index contributed by atoms with van der Waals surface area (Å²) in [6.07, 6.45) is 11.4. The summed E-state index contributed by atoms with van der Waals surface area (Å²) in [7, 11) is 2.32. The van der Waals surface area contributed by atoms with Crippen molar-refractivity contribution in [1.82, 2.24) is 10.2 Å². The maximum atomic E-state index is 3.74. The van der Waals surface area contributed by atoms with Gasteiger partial charge in [-0.2, -0.15) is 0 Å². The molecule has 2 rings (SSSR count). The van der Waals surface area contributed by atoms with Crippen molar-refractivity contribution in [2.45, 2.75) is 76.4 Å². The zero-order chi connectivity index (χ0) is 11.4. The van der Waals surface area contributed by atoms with Crippen molar-refractivity contribution in [2.24, 2.45) is 0 Å². The molecule has 0 amide bonds. The minimum absolute atomic E-state index is 0.698. The van der Waals surface area contributed by atoms with Gasteiger partial charge < -0.3 is 5.32 Å². The Morgan fingerprint density at radius 2 is 1.62 bits per heavy atom. The average molecular weight is 224 g/mol. The lowest BCUT2D eigenvalue weighted by Crippen LogP contribution is -2.44. The van der Waals surface area contributed by atoms with Gasteiger partial charge in [0.25, 0.3) is 0 Å². The van der Waals surface area contributed by atoms with Crippen LogP contribution in [0, 0.1) is 0 Å². The Bertz CT molecular complexity index is 193. The van der Waals surface area contributed by atoms with Crippen LogP contribution in [0.1, 0.15) is 58.3 Å². The van der Waals surface area contributed by atoms with Crippen LogP contribution in [-0.2, 0) is 0 Å². The first kappa shape index (κ1) is 12.4. The largest absolute Gasteiger partial charge is 0.312 e. The highest BCUT2D eigenvalue weighted by atomic mass is 15.2. The standard InChI is InChI=1S/C14H28N2/c1-12(11-15-13-7-3-4-8-13)16(2)14-9-5-6-10-14/h12-15H,3-11H2,1-2H3. The second-order valence-corrected chi connectivity index (χ2v) is 5.84. The van der Waals surface area contributed by atoms with E-state index >= 15 is 0 Å². The molecule has 2 aliphatic carbocycles. The molecule has 0 heterocycles. The normalized spacial score (nSPS) is 25.7. The van der Waals surface area contributed by atoms with E-state index in [0.29, 0.717) is 6.04 Å². The third-order valence-corrected chi connectivity index (χ3v) is 4.65. The molecule has 1 atom stereocenters. The van der Waals surface area contributed by atoms with Crippen molar-refractivity contribution in [3.05, 3.63) is 0 Å². The molecule has 0 spiro atoms. The summed E-state index contributed by atoms with van der Waals surface area (Å²) >= 11 is 0. The van der Waals surface area contributed by atoms with Crippen LogP contribution in [0.4, 0.5) is 0 Å². The van der Waals surface area contributed by atoms with Gasteiger partial charge in [-0.3, -0.25) is 4.90 Å². The van der Waals surface area contributed by atoms with Crippen LogP contribution in [0.15, 0.2) is 0 Å². The van der Waals surface area contributed by atoms with Crippen LogP contribution in [0.25, 0.3) is 0 Å². The van der Waals surface area contributed by atoms with Crippen LogP contribution in [0.2, 0.25) is 0 Å². The molecular formula is C14H28N2. The molecule has 2 fully saturated rings. The van der Waals surface area contributed by atoms with Crippen molar-refractivity contribution in [3.8, 4) is 0 Å². The number of likely N-dealkylation sites (N-methyl/N-ethyl adjacent to an activating group) is 1. The van der Waals surface area contributed by atoms with Gasteiger partial charge in [0.05, 0.1) is 0 Å². The first-order valence-corrected chi connectivity index (χ1v) is 7.22. The molecular weight excluding hydrogens is 196 g/mol. The van der Waals surface area contributed by atoms with Crippen LogP contribution in [0.3, 0.4) is 0 Å². The Balaban J connectivity index is 1.67. The van der Waals surface area contributed by atoms with Crippen LogP contribution < -0.4 is 5.32 Å². The van der Waals surface area contributed by atoms with E-state index in [2.05, 4.69) is 24.2 Å². The Labute approximate surface area is 101 Å². The predicted octanol–water partition coefficient (Wildman–Crippen LogP) is 2.78. The molecule has 0 radical (unpaired) electrons. The van der Waals surface area contributed by atoms with E-state index in [-0.39, 0.29) is 0 Å². The Hall–Kier alpha value is -0.0800. The SMILES string of the molecule is CC(CNC1CCCC1)N(C)C1CCCC1. The molecule has 0 aliphatic heterocycles. The molecule has 0 aromatic carbocycles. The van der Waals surface area contributed by atoms with Gasteiger partial charge in [0.1, 0.15) is 0 Å². The zero-order valence-corrected chi connectivity index (χ0v) is 11.0. The van der Waals surface area contributed by atoms with Crippen molar-refractivity contribution in [1.29, 1.82) is 0 Å². The molecule has 2 saturated carbocycles. The fraction of sp³-hybridized carbons (Fsp3) is 1.00. The van der Waals surface area contributed by atoms with E-state index in [4.69, 9.17) is 0 Å². The molecule has 0 aromatic rings. The molecule has 1 unspecified atom stereocenters. The number of nitrogens with zero attached hydrogens (tertiary/aromatic N) is 1. The van der Waals surface area contributed by atoms with Crippen LogP contribution >= 0.6 is 0 Å². The maximum absolute atomic E-state index is 3.74. The molecule has 0 bridgehead atoms. The molecule has 2 aliphatic rings. The molecule has 1 N–H and O–H groups in total. The summed E-state index contributed by atoms with van der Waals surface area (Å²) in [6, 6.07) is 2.38. The topological polar surface area (TPSA) is 15.3 Å². The zero-order valence-electron chi connectivity index (χ0n) is 11.0. The number of rotatable bonds is 5. The van der Waals surface area contributed by atoms with Gasteiger partial charge in [0.15, 0.2) is 0 Å². The monoisotopic (exact) mass is 224 g/mol. The molecule has 0 saturated heterocycles. The van der Waals surface area contributed by atoms with Gasteiger partial charge in [-0.1, -0.05) is 25.7 Å². The summed E-state index contributed by atoms with van der Waals surface area (Å²) in [6.45, 7) is 3.55. The minimum Gasteiger partial charge on any atom is -0.312 e. The van der Waals surface area contributed by atoms with Crippen LogP contribution in [0.5, 0.6) is 0 Å². The van der Waals surface area contributed by atoms with Gasteiger partial charge in [-0.05, 0) is 39.7 Å². The van der Waals surface area contributed by atoms with Gasteiger partial charge in [-0.15, -0.1) is 0 Å². The van der Waals surface area contributed by atoms with Gasteiger partial charge in [0, 0.05) is 24.7 Å². The Kier molecular flexibility index (Phi) is 4.66. The lowest BCUT2D eigenvalue weighted by molar-refractivity contribution is 0.179. The van der Waals surface area contributed by atoms with E-state index in [1.165, 1.54) is 57.9 Å². The highest BCUT2D eigenvalue weighted by molar-refractivity contribution is 4.81. The van der Waals surface area contributed by atoms with Crippen LogP contribution in [-0.4, -0.2) is 36.6 Å². The number of hydrogen-bond donors (Lipinski definition) is 1. The quantitative estimate of drug-likeness (QED) is 0.772. The Morgan fingerprint density at radius 1 is 1.06 bits per heavy atom. The second kappa shape index (κ2) is 6.02. The van der Waals surface area contributed by atoms with E-state index in [9.17, 15) is 0 Å². The third-order valence-electron chi connectivity index (χ3n) is 4.65.